The number of hydrogen-bond donors (Lipinski definition) is 1. The number of likely N-dealkylation sites (tertiary alicyclic amines) is 1. The van der Waals surface area contributed by atoms with E-state index in [2.05, 4.69) is 11.9 Å². The predicted molar refractivity (Wildman–Crippen MR) is 106 cm³/mol. The summed E-state index contributed by atoms with van der Waals surface area (Å²) in [7, 11) is 0. The third-order valence-electron chi connectivity index (χ3n) is 4.99. The Bertz CT molecular complexity index is 834. The van der Waals surface area contributed by atoms with Crippen LogP contribution in [-0.4, -0.2) is 45.9 Å². The number of carbonyl (C=O) groups is 2. The first-order valence-corrected chi connectivity index (χ1v) is 9.72. The maximum absolute atomic E-state index is 12.8. The molecule has 1 saturated heterocycles. The van der Waals surface area contributed by atoms with Crippen LogP contribution in [0.15, 0.2) is 36.4 Å². The van der Waals surface area contributed by atoms with Crippen LogP contribution in [-0.2, 0) is 22.6 Å². The SMILES string of the molecule is C=C(C)C(=O)NCCCc1nc2ccccc2n1CC(=O)N1CCCCC1. The monoisotopic (exact) mass is 368 g/mol. The summed E-state index contributed by atoms with van der Waals surface area (Å²) in [6.45, 7) is 7.94. The maximum Gasteiger partial charge on any atom is 0.246 e. The van der Waals surface area contributed by atoms with Gasteiger partial charge in [0.15, 0.2) is 0 Å². The van der Waals surface area contributed by atoms with Crippen LogP contribution in [0.2, 0.25) is 0 Å². The Morgan fingerprint density at radius 3 is 2.67 bits per heavy atom. The van der Waals surface area contributed by atoms with Crippen LogP contribution in [0.4, 0.5) is 0 Å². The average Bonchev–Trinajstić information content (AvgIpc) is 3.03. The summed E-state index contributed by atoms with van der Waals surface area (Å²) in [6, 6.07) is 7.92. The van der Waals surface area contributed by atoms with E-state index in [0.717, 1.165) is 49.2 Å². The van der Waals surface area contributed by atoms with Gasteiger partial charge in [-0.15, -0.1) is 0 Å². The molecule has 0 bridgehead atoms. The molecule has 0 atom stereocenters. The Labute approximate surface area is 160 Å². The van der Waals surface area contributed by atoms with E-state index >= 15 is 0 Å². The van der Waals surface area contributed by atoms with Gasteiger partial charge >= 0.3 is 0 Å². The van der Waals surface area contributed by atoms with Crippen molar-refractivity contribution < 1.29 is 9.59 Å². The van der Waals surface area contributed by atoms with Crippen molar-refractivity contribution in [3.63, 3.8) is 0 Å². The van der Waals surface area contributed by atoms with Gasteiger partial charge in [-0.1, -0.05) is 18.7 Å². The molecule has 1 aromatic carbocycles. The normalized spacial score (nSPS) is 14.3. The van der Waals surface area contributed by atoms with Crippen molar-refractivity contribution in [3.05, 3.63) is 42.2 Å². The Kier molecular flexibility index (Phi) is 6.27. The molecular weight excluding hydrogens is 340 g/mol. The van der Waals surface area contributed by atoms with Gasteiger partial charge in [-0.2, -0.15) is 0 Å². The molecule has 6 heteroatoms. The molecule has 6 nitrogen and oxygen atoms in total. The molecule has 0 radical (unpaired) electrons. The summed E-state index contributed by atoms with van der Waals surface area (Å²) in [6.07, 6.45) is 4.86. The number of aryl methyl sites for hydroxylation is 1. The van der Waals surface area contributed by atoms with E-state index in [1.54, 1.807) is 6.92 Å². The van der Waals surface area contributed by atoms with E-state index < -0.39 is 0 Å². The van der Waals surface area contributed by atoms with E-state index in [-0.39, 0.29) is 11.8 Å². The molecule has 2 amide bonds. The van der Waals surface area contributed by atoms with Gasteiger partial charge in [0.05, 0.1) is 11.0 Å². The Morgan fingerprint density at radius 2 is 1.93 bits per heavy atom. The third-order valence-corrected chi connectivity index (χ3v) is 4.99. The molecule has 0 spiro atoms. The Morgan fingerprint density at radius 1 is 1.19 bits per heavy atom. The lowest BCUT2D eigenvalue weighted by atomic mass is 10.1. The van der Waals surface area contributed by atoms with Crippen LogP contribution in [0.3, 0.4) is 0 Å². The van der Waals surface area contributed by atoms with Crippen molar-refractivity contribution in [3.8, 4) is 0 Å². The summed E-state index contributed by atoms with van der Waals surface area (Å²) < 4.78 is 2.03. The zero-order chi connectivity index (χ0) is 19.2. The number of imidazole rings is 1. The van der Waals surface area contributed by atoms with Crippen LogP contribution in [0.1, 0.15) is 38.4 Å². The number of fused-ring (bicyclic) bond motifs is 1. The van der Waals surface area contributed by atoms with Crippen LogP contribution >= 0.6 is 0 Å². The van der Waals surface area contributed by atoms with Crippen LogP contribution in [0, 0.1) is 0 Å². The minimum absolute atomic E-state index is 0.122. The fraction of sp³-hybridized carbons (Fsp3) is 0.476. The summed E-state index contributed by atoms with van der Waals surface area (Å²) in [5.41, 5.74) is 2.41. The molecule has 1 fully saturated rings. The van der Waals surface area contributed by atoms with Gasteiger partial charge in [0.25, 0.3) is 0 Å². The Balaban J connectivity index is 1.70. The molecule has 27 heavy (non-hydrogen) atoms. The van der Waals surface area contributed by atoms with E-state index in [9.17, 15) is 9.59 Å². The molecule has 2 heterocycles. The fourth-order valence-corrected chi connectivity index (χ4v) is 3.47. The number of nitrogens with zero attached hydrogens (tertiary/aromatic N) is 3. The lowest BCUT2D eigenvalue weighted by Gasteiger charge is -2.27. The van der Waals surface area contributed by atoms with Crippen molar-refractivity contribution in [2.24, 2.45) is 0 Å². The number of nitrogens with one attached hydrogen (secondary N) is 1. The quantitative estimate of drug-likeness (QED) is 0.603. The summed E-state index contributed by atoms with van der Waals surface area (Å²) in [5, 5.41) is 2.85. The smallest absolute Gasteiger partial charge is 0.246 e. The second-order valence-corrected chi connectivity index (χ2v) is 7.18. The van der Waals surface area contributed by atoms with Gasteiger partial charge in [0, 0.05) is 31.6 Å². The average molecular weight is 368 g/mol. The van der Waals surface area contributed by atoms with Gasteiger partial charge in [0.1, 0.15) is 12.4 Å². The molecule has 0 unspecified atom stereocenters. The second kappa shape index (κ2) is 8.84. The number of hydrogen-bond acceptors (Lipinski definition) is 3. The highest BCUT2D eigenvalue weighted by atomic mass is 16.2. The highest BCUT2D eigenvalue weighted by Crippen LogP contribution is 2.18. The third kappa shape index (κ3) is 4.76. The van der Waals surface area contributed by atoms with Gasteiger partial charge in [-0.05, 0) is 44.7 Å². The summed E-state index contributed by atoms with van der Waals surface area (Å²) >= 11 is 0. The van der Waals surface area contributed by atoms with Crippen LogP contribution < -0.4 is 5.32 Å². The molecule has 1 aliphatic heterocycles. The van der Waals surface area contributed by atoms with Crippen molar-refractivity contribution in [2.45, 2.75) is 45.6 Å². The van der Waals surface area contributed by atoms with E-state index in [1.165, 1.54) is 6.42 Å². The predicted octanol–water partition coefficient (Wildman–Crippen LogP) is 2.67. The largest absolute Gasteiger partial charge is 0.352 e. The standard InChI is InChI=1S/C21H28N4O2/c1-16(2)21(27)22-12-8-11-19-23-17-9-4-5-10-18(17)25(19)15-20(26)24-13-6-3-7-14-24/h4-5,9-10H,1,3,6-8,11-15H2,2H3,(H,22,27). The topological polar surface area (TPSA) is 67.2 Å². The number of amides is 2. The first-order chi connectivity index (χ1) is 13.1. The zero-order valence-corrected chi connectivity index (χ0v) is 16.0. The molecular formula is C21H28N4O2. The number of rotatable bonds is 7. The minimum atomic E-state index is -0.122. The first-order valence-electron chi connectivity index (χ1n) is 9.72. The van der Waals surface area contributed by atoms with E-state index in [1.807, 2.05) is 33.7 Å². The van der Waals surface area contributed by atoms with E-state index in [4.69, 9.17) is 4.98 Å². The number of para-hydroxylation sites is 2. The molecule has 0 saturated carbocycles. The highest BCUT2D eigenvalue weighted by Gasteiger charge is 2.19. The highest BCUT2D eigenvalue weighted by molar-refractivity contribution is 5.92. The zero-order valence-electron chi connectivity index (χ0n) is 16.0. The molecule has 1 N–H and O–H groups in total. The first kappa shape index (κ1) is 19.1. The van der Waals surface area contributed by atoms with Crippen LogP contribution in [0.5, 0.6) is 0 Å². The number of piperidine rings is 1. The fourth-order valence-electron chi connectivity index (χ4n) is 3.47. The van der Waals surface area contributed by atoms with Crippen molar-refractivity contribution >= 4 is 22.8 Å². The lowest BCUT2D eigenvalue weighted by molar-refractivity contribution is -0.132. The summed E-state index contributed by atoms with van der Waals surface area (Å²) in [5.74, 6) is 0.935. The minimum Gasteiger partial charge on any atom is -0.352 e. The van der Waals surface area contributed by atoms with Crippen molar-refractivity contribution in [1.82, 2.24) is 19.8 Å². The van der Waals surface area contributed by atoms with Gasteiger partial charge in [-0.25, -0.2) is 4.98 Å². The van der Waals surface area contributed by atoms with Gasteiger partial charge < -0.3 is 14.8 Å². The van der Waals surface area contributed by atoms with Crippen molar-refractivity contribution in [1.29, 1.82) is 0 Å². The van der Waals surface area contributed by atoms with Crippen molar-refractivity contribution in [2.75, 3.05) is 19.6 Å². The maximum atomic E-state index is 12.8. The lowest BCUT2D eigenvalue weighted by Crippen LogP contribution is -2.38. The molecule has 1 aromatic heterocycles. The molecule has 0 aliphatic carbocycles. The number of aromatic nitrogens is 2. The molecule has 2 aromatic rings. The van der Waals surface area contributed by atoms with E-state index in [0.29, 0.717) is 25.1 Å². The second-order valence-electron chi connectivity index (χ2n) is 7.18. The Hall–Kier alpha value is -2.63. The van der Waals surface area contributed by atoms with Gasteiger partial charge in [-0.3, -0.25) is 9.59 Å². The number of carbonyl (C=O) groups excluding carboxylic acids is 2. The number of benzene rings is 1. The summed E-state index contributed by atoms with van der Waals surface area (Å²) in [4.78, 5) is 31.1. The molecule has 3 rings (SSSR count). The molecule has 144 valence electrons. The molecule has 1 aliphatic rings. The van der Waals surface area contributed by atoms with Crippen LogP contribution in [0.25, 0.3) is 11.0 Å². The van der Waals surface area contributed by atoms with Gasteiger partial charge in [0.2, 0.25) is 11.8 Å².